The minimum atomic E-state index is -1.47. The standard InChI is InChI=1S/C12H10FNO4/c1-2-17-10-6-11(18-12(15)16)14-9-4-3-7(13)5-8(9)10/h3-6H,2H2,1H3,(H,15,16). The molecule has 0 saturated heterocycles. The van der Waals surface area contributed by atoms with Gasteiger partial charge in [-0.2, -0.15) is 0 Å². The van der Waals surface area contributed by atoms with Gasteiger partial charge in [-0.15, -0.1) is 0 Å². The van der Waals surface area contributed by atoms with E-state index in [1.165, 1.54) is 24.3 Å². The molecule has 0 bridgehead atoms. The van der Waals surface area contributed by atoms with Crippen molar-refractivity contribution in [2.24, 2.45) is 0 Å². The van der Waals surface area contributed by atoms with Crippen LogP contribution < -0.4 is 9.47 Å². The fourth-order valence-electron chi connectivity index (χ4n) is 1.56. The van der Waals surface area contributed by atoms with Gasteiger partial charge in [0, 0.05) is 11.5 Å². The number of nitrogens with zero attached hydrogens (tertiary/aromatic N) is 1. The Hall–Kier alpha value is -2.37. The molecule has 5 nitrogen and oxygen atoms in total. The average Bonchev–Trinajstić information content (AvgIpc) is 2.29. The van der Waals surface area contributed by atoms with Crippen molar-refractivity contribution < 1.29 is 23.8 Å². The van der Waals surface area contributed by atoms with Crippen molar-refractivity contribution in [2.45, 2.75) is 6.92 Å². The number of hydrogen-bond donors (Lipinski definition) is 1. The van der Waals surface area contributed by atoms with E-state index < -0.39 is 12.0 Å². The fourth-order valence-corrected chi connectivity index (χ4v) is 1.56. The predicted octanol–water partition coefficient (Wildman–Crippen LogP) is 2.83. The Morgan fingerprint density at radius 2 is 2.22 bits per heavy atom. The Kier molecular flexibility index (Phi) is 3.27. The molecule has 0 spiro atoms. The molecule has 1 heterocycles. The van der Waals surface area contributed by atoms with Crippen molar-refractivity contribution in [2.75, 3.05) is 6.61 Å². The van der Waals surface area contributed by atoms with E-state index in [4.69, 9.17) is 9.84 Å². The van der Waals surface area contributed by atoms with Crippen molar-refractivity contribution in [1.82, 2.24) is 4.98 Å². The monoisotopic (exact) mass is 251 g/mol. The molecular formula is C12H10FNO4. The van der Waals surface area contributed by atoms with Gasteiger partial charge in [0.05, 0.1) is 12.1 Å². The molecule has 0 unspecified atom stereocenters. The molecule has 2 aromatic rings. The maximum absolute atomic E-state index is 13.2. The summed E-state index contributed by atoms with van der Waals surface area (Å²) in [6, 6.07) is 5.26. The lowest BCUT2D eigenvalue weighted by Gasteiger charge is -2.09. The number of pyridine rings is 1. The molecule has 0 aliphatic rings. The summed E-state index contributed by atoms with van der Waals surface area (Å²) in [5.74, 6) is -0.194. The molecule has 94 valence electrons. The lowest BCUT2D eigenvalue weighted by atomic mass is 10.2. The van der Waals surface area contributed by atoms with Crippen molar-refractivity contribution in [3.63, 3.8) is 0 Å². The van der Waals surface area contributed by atoms with Crippen LogP contribution in [0.5, 0.6) is 11.6 Å². The zero-order valence-electron chi connectivity index (χ0n) is 9.51. The molecule has 1 aromatic carbocycles. The maximum Gasteiger partial charge on any atom is 0.512 e. The third kappa shape index (κ3) is 2.48. The summed E-state index contributed by atoms with van der Waals surface area (Å²) in [6.07, 6.45) is -1.47. The summed E-state index contributed by atoms with van der Waals surface area (Å²) in [4.78, 5) is 14.4. The molecule has 0 fully saturated rings. The SMILES string of the molecule is CCOc1cc(OC(=O)O)nc2ccc(F)cc12. The Bertz CT molecular complexity index is 600. The topological polar surface area (TPSA) is 68.7 Å². The normalized spacial score (nSPS) is 10.3. The summed E-state index contributed by atoms with van der Waals surface area (Å²) in [6.45, 7) is 2.13. The molecular weight excluding hydrogens is 241 g/mol. The van der Waals surface area contributed by atoms with Crippen molar-refractivity contribution >= 4 is 17.1 Å². The second-order valence-electron chi connectivity index (χ2n) is 3.42. The first-order chi connectivity index (χ1) is 8.60. The van der Waals surface area contributed by atoms with Crippen LogP contribution >= 0.6 is 0 Å². The summed E-state index contributed by atoms with van der Waals surface area (Å²) in [7, 11) is 0. The zero-order chi connectivity index (χ0) is 13.1. The Morgan fingerprint density at radius 1 is 1.44 bits per heavy atom. The first-order valence-corrected chi connectivity index (χ1v) is 5.24. The van der Waals surface area contributed by atoms with Gasteiger partial charge in [0.25, 0.3) is 0 Å². The maximum atomic E-state index is 13.2. The van der Waals surface area contributed by atoms with Gasteiger partial charge in [-0.1, -0.05) is 0 Å². The van der Waals surface area contributed by atoms with Crippen molar-refractivity contribution in [3.8, 4) is 11.6 Å². The van der Waals surface area contributed by atoms with Crippen LogP contribution in [0.1, 0.15) is 6.92 Å². The first kappa shape index (κ1) is 12.1. The van der Waals surface area contributed by atoms with Gasteiger partial charge >= 0.3 is 6.16 Å². The van der Waals surface area contributed by atoms with Crippen molar-refractivity contribution in [1.29, 1.82) is 0 Å². The van der Waals surface area contributed by atoms with Gasteiger partial charge in [-0.05, 0) is 25.1 Å². The zero-order valence-corrected chi connectivity index (χ0v) is 9.51. The van der Waals surface area contributed by atoms with E-state index in [0.29, 0.717) is 23.3 Å². The van der Waals surface area contributed by atoms with E-state index in [9.17, 15) is 9.18 Å². The molecule has 0 aliphatic heterocycles. The van der Waals surface area contributed by atoms with Gasteiger partial charge in [0.2, 0.25) is 5.88 Å². The molecule has 6 heteroatoms. The largest absolute Gasteiger partial charge is 0.512 e. The molecule has 1 aromatic heterocycles. The van der Waals surface area contributed by atoms with Gasteiger partial charge in [-0.3, -0.25) is 0 Å². The molecule has 0 atom stereocenters. The Labute approximate surface area is 102 Å². The van der Waals surface area contributed by atoms with Crippen LogP contribution in [0.2, 0.25) is 0 Å². The third-order valence-electron chi connectivity index (χ3n) is 2.20. The highest BCUT2D eigenvalue weighted by Gasteiger charge is 2.11. The number of carbonyl (C=O) groups is 1. The summed E-state index contributed by atoms with van der Waals surface area (Å²) in [5, 5.41) is 9.01. The number of fused-ring (bicyclic) bond motifs is 1. The van der Waals surface area contributed by atoms with E-state index >= 15 is 0 Å². The molecule has 0 saturated carbocycles. The van der Waals surface area contributed by atoms with Crippen LogP contribution in [0.15, 0.2) is 24.3 Å². The average molecular weight is 251 g/mol. The number of benzene rings is 1. The van der Waals surface area contributed by atoms with E-state index in [-0.39, 0.29) is 5.88 Å². The van der Waals surface area contributed by atoms with Crippen LogP contribution in [0.3, 0.4) is 0 Å². The lowest BCUT2D eigenvalue weighted by molar-refractivity contribution is 0.142. The number of rotatable bonds is 3. The van der Waals surface area contributed by atoms with Gasteiger partial charge in [0.15, 0.2) is 0 Å². The molecule has 0 amide bonds. The highest BCUT2D eigenvalue weighted by molar-refractivity contribution is 5.86. The van der Waals surface area contributed by atoms with Crippen molar-refractivity contribution in [3.05, 3.63) is 30.1 Å². The smallest absolute Gasteiger partial charge is 0.493 e. The lowest BCUT2D eigenvalue weighted by Crippen LogP contribution is -2.05. The van der Waals surface area contributed by atoms with Gasteiger partial charge in [-0.25, -0.2) is 14.2 Å². The Balaban J connectivity index is 2.58. The first-order valence-electron chi connectivity index (χ1n) is 5.24. The van der Waals surface area contributed by atoms with E-state index in [0.717, 1.165) is 0 Å². The quantitative estimate of drug-likeness (QED) is 0.849. The van der Waals surface area contributed by atoms with E-state index in [2.05, 4.69) is 9.72 Å². The highest BCUT2D eigenvalue weighted by atomic mass is 19.1. The molecule has 0 aliphatic carbocycles. The fraction of sp³-hybridized carbons (Fsp3) is 0.167. The predicted molar refractivity (Wildman–Crippen MR) is 61.5 cm³/mol. The molecule has 18 heavy (non-hydrogen) atoms. The number of aromatic nitrogens is 1. The number of carboxylic acid groups (broad SMARTS) is 1. The van der Waals surface area contributed by atoms with E-state index in [1.54, 1.807) is 6.92 Å². The minimum Gasteiger partial charge on any atom is -0.493 e. The second kappa shape index (κ2) is 4.87. The Morgan fingerprint density at radius 3 is 2.89 bits per heavy atom. The second-order valence-corrected chi connectivity index (χ2v) is 3.42. The van der Waals surface area contributed by atoms with Gasteiger partial charge in [0.1, 0.15) is 11.6 Å². The van der Waals surface area contributed by atoms with Crippen LogP contribution in [-0.2, 0) is 0 Å². The molecule has 0 radical (unpaired) electrons. The molecule has 2 rings (SSSR count). The summed E-state index contributed by atoms with van der Waals surface area (Å²) < 4.78 is 22.9. The number of hydrogen-bond acceptors (Lipinski definition) is 4. The number of halogens is 1. The highest BCUT2D eigenvalue weighted by Crippen LogP contribution is 2.29. The van der Waals surface area contributed by atoms with Crippen LogP contribution in [0, 0.1) is 5.82 Å². The molecule has 1 N–H and O–H groups in total. The van der Waals surface area contributed by atoms with Crippen LogP contribution in [0.4, 0.5) is 9.18 Å². The summed E-state index contributed by atoms with van der Waals surface area (Å²) >= 11 is 0. The summed E-state index contributed by atoms with van der Waals surface area (Å²) in [5.41, 5.74) is 0.401. The minimum absolute atomic E-state index is 0.106. The van der Waals surface area contributed by atoms with E-state index in [1.807, 2.05) is 0 Å². The number of ether oxygens (including phenoxy) is 2. The van der Waals surface area contributed by atoms with Crippen LogP contribution in [0.25, 0.3) is 10.9 Å². The van der Waals surface area contributed by atoms with Crippen LogP contribution in [-0.4, -0.2) is 22.9 Å². The third-order valence-corrected chi connectivity index (χ3v) is 2.20. The van der Waals surface area contributed by atoms with Gasteiger partial charge < -0.3 is 14.6 Å².